The number of para-hydroxylation sites is 1. The number of rotatable bonds is 6. The van der Waals surface area contributed by atoms with E-state index in [0.29, 0.717) is 16.8 Å². The minimum absolute atomic E-state index is 0.0771. The second-order valence-electron chi connectivity index (χ2n) is 6.16. The largest absolute Gasteiger partial charge is 0.457 e. The van der Waals surface area contributed by atoms with Crippen molar-refractivity contribution in [2.45, 2.75) is 6.92 Å². The van der Waals surface area contributed by atoms with E-state index in [9.17, 15) is 19.6 Å². The Bertz CT molecular complexity index is 1150. The molecule has 0 radical (unpaired) electrons. The molecular weight excluding hydrogens is 384 g/mol. The zero-order valence-corrected chi connectivity index (χ0v) is 15.9. The molecule has 148 valence electrons. The summed E-state index contributed by atoms with van der Waals surface area (Å²) in [5.41, 5.74) is 1.09. The van der Waals surface area contributed by atoms with Gasteiger partial charge in [-0.05, 0) is 55.0 Å². The summed E-state index contributed by atoms with van der Waals surface area (Å²) in [6.45, 7) is 1.40. The molecule has 30 heavy (non-hydrogen) atoms. The second-order valence-corrected chi connectivity index (χ2v) is 6.16. The average Bonchev–Trinajstić information content (AvgIpc) is 3.28. The van der Waals surface area contributed by atoms with Crippen LogP contribution in [0.1, 0.15) is 33.4 Å². The van der Waals surface area contributed by atoms with Gasteiger partial charge in [-0.1, -0.05) is 24.3 Å². The number of nitriles is 1. The van der Waals surface area contributed by atoms with Crippen molar-refractivity contribution >= 4 is 29.4 Å². The number of nitrogens with one attached hydrogen (secondary N) is 1. The first-order valence-electron chi connectivity index (χ1n) is 8.87. The topological polar surface area (TPSA) is 109 Å². The van der Waals surface area contributed by atoms with Crippen molar-refractivity contribution in [3.05, 3.63) is 89.4 Å². The van der Waals surface area contributed by atoms with Crippen molar-refractivity contribution in [3.8, 4) is 11.8 Å². The molecule has 0 aliphatic heterocycles. The molecule has 0 unspecified atom stereocenters. The van der Waals surface area contributed by atoms with E-state index in [1.807, 2.05) is 6.07 Å². The number of ketones is 1. The standard InChI is InChI=1S/C23H16N2O5/c1-15(26)19-5-2-3-6-20(19)25-22(27)17(14-24)13-16-8-10-18(11-9-16)30-23(28)21-7-4-12-29-21/h2-13H,1H3,(H,25,27)/b17-13-. The highest BCUT2D eigenvalue weighted by Crippen LogP contribution is 2.19. The summed E-state index contributed by atoms with van der Waals surface area (Å²) < 4.78 is 10.1. The van der Waals surface area contributed by atoms with Crippen LogP contribution in [0.2, 0.25) is 0 Å². The molecule has 7 heteroatoms. The fourth-order valence-corrected chi connectivity index (χ4v) is 2.59. The lowest BCUT2D eigenvalue weighted by atomic mass is 10.1. The molecule has 0 spiro atoms. The Labute approximate surface area is 172 Å². The number of amides is 1. The third-order valence-electron chi connectivity index (χ3n) is 4.04. The summed E-state index contributed by atoms with van der Waals surface area (Å²) in [6, 6.07) is 17.7. The third-order valence-corrected chi connectivity index (χ3v) is 4.04. The van der Waals surface area contributed by atoms with Crippen molar-refractivity contribution in [1.82, 2.24) is 0 Å². The second kappa shape index (κ2) is 9.17. The van der Waals surface area contributed by atoms with Crippen molar-refractivity contribution in [1.29, 1.82) is 5.26 Å². The molecule has 0 aliphatic rings. The van der Waals surface area contributed by atoms with E-state index in [0.717, 1.165) is 0 Å². The monoisotopic (exact) mass is 400 g/mol. The van der Waals surface area contributed by atoms with Gasteiger partial charge in [-0.25, -0.2) is 4.79 Å². The zero-order chi connectivity index (χ0) is 21.5. The van der Waals surface area contributed by atoms with E-state index in [1.54, 1.807) is 42.5 Å². The zero-order valence-electron chi connectivity index (χ0n) is 15.9. The third kappa shape index (κ3) is 4.88. The molecule has 0 atom stereocenters. The van der Waals surface area contributed by atoms with E-state index in [1.165, 1.54) is 37.5 Å². The molecule has 1 aromatic heterocycles. The first-order chi connectivity index (χ1) is 14.5. The number of nitrogens with zero attached hydrogens (tertiary/aromatic N) is 1. The van der Waals surface area contributed by atoms with Crippen LogP contribution in [0.4, 0.5) is 5.69 Å². The lowest BCUT2D eigenvalue weighted by molar-refractivity contribution is -0.112. The lowest BCUT2D eigenvalue weighted by Crippen LogP contribution is -2.15. The van der Waals surface area contributed by atoms with Crippen LogP contribution in [-0.2, 0) is 4.79 Å². The molecule has 3 rings (SSSR count). The highest BCUT2D eigenvalue weighted by atomic mass is 16.5. The van der Waals surface area contributed by atoms with Gasteiger partial charge in [0.25, 0.3) is 5.91 Å². The Balaban J connectivity index is 1.73. The van der Waals surface area contributed by atoms with Crippen molar-refractivity contribution < 1.29 is 23.5 Å². The summed E-state index contributed by atoms with van der Waals surface area (Å²) in [5.74, 6) is -1.11. The van der Waals surface area contributed by atoms with Gasteiger partial charge in [-0.3, -0.25) is 9.59 Å². The van der Waals surface area contributed by atoms with E-state index in [4.69, 9.17) is 9.15 Å². The molecule has 3 aromatic rings. The lowest BCUT2D eigenvalue weighted by Gasteiger charge is -2.08. The first-order valence-corrected chi connectivity index (χ1v) is 8.87. The van der Waals surface area contributed by atoms with Crippen molar-refractivity contribution in [3.63, 3.8) is 0 Å². The summed E-state index contributed by atoms with van der Waals surface area (Å²) in [6.07, 6.45) is 2.76. The number of anilines is 1. The number of hydrogen-bond donors (Lipinski definition) is 1. The number of ether oxygens (including phenoxy) is 1. The van der Waals surface area contributed by atoms with Gasteiger partial charge in [-0.15, -0.1) is 0 Å². The van der Waals surface area contributed by atoms with Crippen LogP contribution >= 0.6 is 0 Å². The predicted molar refractivity (Wildman–Crippen MR) is 109 cm³/mol. The molecule has 1 heterocycles. The number of Topliss-reactive ketones (excluding diaryl/α,β-unsaturated/α-hetero) is 1. The van der Waals surface area contributed by atoms with Crippen LogP contribution in [0.5, 0.6) is 5.75 Å². The van der Waals surface area contributed by atoms with Gasteiger partial charge in [0, 0.05) is 5.56 Å². The molecule has 0 saturated carbocycles. The fourth-order valence-electron chi connectivity index (χ4n) is 2.59. The van der Waals surface area contributed by atoms with Crippen molar-refractivity contribution in [2.24, 2.45) is 0 Å². The van der Waals surface area contributed by atoms with Crippen LogP contribution in [-0.4, -0.2) is 17.7 Å². The molecule has 1 N–H and O–H groups in total. The SMILES string of the molecule is CC(=O)c1ccccc1NC(=O)/C(C#N)=C\c1ccc(OC(=O)c2ccco2)cc1. The van der Waals surface area contributed by atoms with Gasteiger partial charge in [0.05, 0.1) is 12.0 Å². The van der Waals surface area contributed by atoms with E-state index >= 15 is 0 Å². The van der Waals surface area contributed by atoms with Crippen LogP contribution in [0, 0.1) is 11.3 Å². The van der Waals surface area contributed by atoms with Crippen LogP contribution in [0.15, 0.2) is 76.9 Å². The van der Waals surface area contributed by atoms with Crippen LogP contribution in [0.25, 0.3) is 6.08 Å². The molecule has 0 saturated heterocycles. The van der Waals surface area contributed by atoms with E-state index in [-0.39, 0.29) is 22.9 Å². The van der Waals surface area contributed by atoms with Gasteiger partial charge >= 0.3 is 5.97 Å². The summed E-state index contributed by atoms with van der Waals surface area (Å²) in [4.78, 5) is 36.0. The van der Waals surface area contributed by atoms with Gasteiger partial charge in [-0.2, -0.15) is 5.26 Å². The summed E-state index contributed by atoms with van der Waals surface area (Å²) >= 11 is 0. The van der Waals surface area contributed by atoms with Gasteiger partial charge in [0.2, 0.25) is 5.76 Å². The Morgan fingerprint density at radius 3 is 2.40 bits per heavy atom. The highest BCUT2D eigenvalue weighted by Gasteiger charge is 2.14. The van der Waals surface area contributed by atoms with Gasteiger partial charge < -0.3 is 14.5 Å². The minimum atomic E-state index is -0.639. The normalized spacial score (nSPS) is 10.7. The molecule has 1 amide bonds. The van der Waals surface area contributed by atoms with Crippen molar-refractivity contribution in [2.75, 3.05) is 5.32 Å². The van der Waals surface area contributed by atoms with Gasteiger partial charge in [0.1, 0.15) is 17.4 Å². The van der Waals surface area contributed by atoms with Crippen LogP contribution in [0.3, 0.4) is 0 Å². The first kappa shape index (κ1) is 20.3. The van der Waals surface area contributed by atoms with Gasteiger partial charge in [0.15, 0.2) is 5.78 Å². The maximum Gasteiger partial charge on any atom is 0.379 e. The molecule has 0 fully saturated rings. The molecule has 0 bridgehead atoms. The summed E-state index contributed by atoms with van der Waals surface area (Å²) in [7, 11) is 0. The Morgan fingerprint density at radius 2 is 1.77 bits per heavy atom. The smallest absolute Gasteiger partial charge is 0.379 e. The quantitative estimate of drug-likeness (QED) is 0.218. The van der Waals surface area contributed by atoms with Crippen LogP contribution < -0.4 is 10.1 Å². The number of carbonyl (C=O) groups is 3. The maximum atomic E-state index is 12.5. The number of carbonyl (C=O) groups excluding carboxylic acids is 3. The molecule has 2 aromatic carbocycles. The fraction of sp³-hybridized carbons (Fsp3) is 0.0435. The number of esters is 1. The highest BCUT2D eigenvalue weighted by molar-refractivity contribution is 6.12. The molecular formula is C23H16N2O5. The number of benzene rings is 2. The van der Waals surface area contributed by atoms with E-state index in [2.05, 4.69) is 5.32 Å². The minimum Gasteiger partial charge on any atom is -0.457 e. The Morgan fingerprint density at radius 1 is 1.03 bits per heavy atom. The number of hydrogen-bond acceptors (Lipinski definition) is 6. The maximum absolute atomic E-state index is 12.5. The molecule has 7 nitrogen and oxygen atoms in total. The predicted octanol–water partition coefficient (Wildman–Crippen LogP) is 4.25. The number of furan rings is 1. The Hall–Kier alpha value is -4.44. The average molecular weight is 400 g/mol. The Kier molecular flexibility index (Phi) is 6.20. The summed E-state index contributed by atoms with van der Waals surface area (Å²) in [5, 5.41) is 12.0. The van der Waals surface area contributed by atoms with E-state index < -0.39 is 11.9 Å². The molecule has 0 aliphatic carbocycles.